The summed E-state index contributed by atoms with van der Waals surface area (Å²) >= 11 is 0. The van der Waals surface area contributed by atoms with E-state index in [1.807, 2.05) is 37.1 Å². The molecule has 0 bridgehead atoms. The van der Waals surface area contributed by atoms with Crippen LogP contribution in [-0.4, -0.2) is 36.9 Å². The highest BCUT2D eigenvalue weighted by molar-refractivity contribution is 14.0. The van der Waals surface area contributed by atoms with Gasteiger partial charge in [-0.2, -0.15) is 0 Å². The summed E-state index contributed by atoms with van der Waals surface area (Å²) in [5, 5.41) is 6.02. The predicted octanol–water partition coefficient (Wildman–Crippen LogP) is 2.92. The van der Waals surface area contributed by atoms with Crippen molar-refractivity contribution < 1.29 is 9.21 Å². The molecule has 0 aliphatic heterocycles. The van der Waals surface area contributed by atoms with Gasteiger partial charge in [0, 0.05) is 20.1 Å². The van der Waals surface area contributed by atoms with Gasteiger partial charge >= 0.3 is 0 Å². The Balaban J connectivity index is 0.00000338. The predicted molar refractivity (Wildman–Crippen MR) is 115 cm³/mol. The van der Waals surface area contributed by atoms with Gasteiger partial charge in [-0.05, 0) is 37.1 Å². The molecular formula is C19H27IN4O2. The second kappa shape index (κ2) is 11.6. The molecule has 0 fully saturated rings. The summed E-state index contributed by atoms with van der Waals surface area (Å²) in [5.74, 6) is 1.29. The number of aryl methyl sites for hydroxylation is 1. The average molecular weight is 470 g/mol. The fourth-order valence-electron chi connectivity index (χ4n) is 2.39. The summed E-state index contributed by atoms with van der Waals surface area (Å²) in [6, 6.07) is 11.9. The molecule has 142 valence electrons. The Bertz CT molecular complexity index is 701. The van der Waals surface area contributed by atoms with Crippen LogP contribution in [0.4, 0.5) is 0 Å². The van der Waals surface area contributed by atoms with Gasteiger partial charge in [-0.3, -0.25) is 4.79 Å². The van der Waals surface area contributed by atoms with Crippen LogP contribution in [-0.2, 0) is 17.9 Å². The number of furan rings is 1. The molecule has 0 saturated carbocycles. The lowest BCUT2D eigenvalue weighted by Gasteiger charge is -2.23. The largest absolute Gasteiger partial charge is 0.467 e. The highest BCUT2D eigenvalue weighted by Gasteiger charge is 2.09. The summed E-state index contributed by atoms with van der Waals surface area (Å²) in [6.45, 7) is 6.01. The van der Waals surface area contributed by atoms with Gasteiger partial charge in [0.2, 0.25) is 5.91 Å². The summed E-state index contributed by atoms with van der Waals surface area (Å²) < 4.78 is 5.19. The van der Waals surface area contributed by atoms with E-state index >= 15 is 0 Å². The lowest BCUT2D eigenvalue weighted by atomic mass is 10.1. The number of nitrogens with one attached hydrogen (secondary N) is 2. The average Bonchev–Trinajstić information content (AvgIpc) is 3.12. The van der Waals surface area contributed by atoms with E-state index < -0.39 is 0 Å². The SMILES string of the molecule is CCNC(=NCC(=O)NCc1ccco1)N(C)Cc1ccccc1C.I. The van der Waals surface area contributed by atoms with E-state index in [4.69, 9.17) is 4.42 Å². The summed E-state index contributed by atoms with van der Waals surface area (Å²) in [7, 11) is 1.97. The van der Waals surface area contributed by atoms with Crippen molar-refractivity contribution in [3.63, 3.8) is 0 Å². The molecule has 6 nitrogen and oxygen atoms in total. The molecule has 1 aromatic heterocycles. The van der Waals surface area contributed by atoms with Crippen LogP contribution in [0.1, 0.15) is 23.8 Å². The Morgan fingerprint density at radius 2 is 1.96 bits per heavy atom. The number of carbonyl (C=O) groups is 1. The fourth-order valence-corrected chi connectivity index (χ4v) is 2.39. The molecule has 2 rings (SSSR count). The minimum atomic E-state index is -0.143. The molecule has 0 radical (unpaired) electrons. The molecule has 26 heavy (non-hydrogen) atoms. The number of halogens is 1. The number of hydrogen-bond acceptors (Lipinski definition) is 3. The van der Waals surface area contributed by atoms with Crippen LogP contribution in [0.25, 0.3) is 0 Å². The maximum Gasteiger partial charge on any atom is 0.242 e. The summed E-state index contributed by atoms with van der Waals surface area (Å²) in [6.07, 6.45) is 1.59. The van der Waals surface area contributed by atoms with E-state index in [1.54, 1.807) is 12.3 Å². The molecular weight excluding hydrogens is 443 g/mol. The molecule has 7 heteroatoms. The summed E-state index contributed by atoms with van der Waals surface area (Å²) in [5.41, 5.74) is 2.47. The van der Waals surface area contributed by atoms with Gasteiger partial charge in [0.05, 0.1) is 12.8 Å². The maximum atomic E-state index is 12.0. The smallest absolute Gasteiger partial charge is 0.242 e. The number of amides is 1. The molecule has 0 aliphatic rings. The van der Waals surface area contributed by atoms with Gasteiger partial charge in [0.1, 0.15) is 12.3 Å². The highest BCUT2D eigenvalue weighted by Crippen LogP contribution is 2.09. The molecule has 0 unspecified atom stereocenters. The van der Waals surface area contributed by atoms with Crippen molar-refractivity contribution in [3.8, 4) is 0 Å². The minimum Gasteiger partial charge on any atom is -0.467 e. The number of rotatable bonds is 7. The van der Waals surface area contributed by atoms with Gasteiger partial charge in [-0.1, -0.05) is 24.3 Å². The van der Waals surface area contributed by atoms with Crippen LogP contribution in [0.2, 0.25) is 0 Å². The van der Waals surface area contributed by atoms with E-state index in [0.29, 0.717) is 12.5 Å². The second-order valence-electron chi connectivity index (χ2n) is 5.81. The first-order valence-corrected chi connectivity index (χ1v) is 8.43. The lowest BCUT2D eigenvalue weighted by molar-refractivity contribution is -0.119. The Hall–Kier alpha value is -2.03. The van der Waals surface area contributed by atoms with Crippen LogP contribution < -0.4 is 10.6 Å². The zero-order valence-corrected chi connectivity index (χ0v) is 17.8. The van der Waals surface area contributed by atoms with E-state index in [2.05, 4.69) is 34.7 Å². The maximum absolute atomic E-state index is 12.0. The Labute approximate surface area is 172 Å². The molecule has 0 spiro atoms. The Morgan fingerprint density at radius 3 is 2.62 bits per heavy atom. The van der Waals surface area contributed by atoms with Crippen molar-refractivity contribution in [2.75, 3.05) is 20.1 Å². The number of hydrogen-bond donors (Lipinski definition) is 2. The molecule has 0 saturated heterocycles. The molecule has 1 amide bonds. The molecule has 0 atom stereocenters. The first-order valence-electron chi connectivity index (χ1n) is 8.43. The van der Waals surface area contributed by atoms with E-state index in [1.165, 1.54) is 11.1 Å². The number of carbonyl (C=O) groups excluding carboxylic acids is 1. The van der Waals surface area contributed by atoms with Gasteiger partial charge < -0.3 is 20.0 Å². The van der Waals surface area contributed by atoms with Gasteiger partial charge in [0.25, 0.3) is 0 Å². The number of guanidine groups is 1. The summed E-state index contributed by atoms with van der Waals surface area (Å²) in [4.78, 5) is 18.4. The number of nitrogens with zero attached hydrogens (tertiary/aromatic N) is 2. The zero-order valence-electron chi connectivity index (χ0n) is 15.5. The van der Waals surface area contributed by atoms with Crippen LogP contribution >= 0.6 is 24.0 Å². The van der Waals surface area contributed by atoms with E-state index in [0.717, 1.165) is 18.8 Å². The third kappa shape index (κ3) is 7.07. The van der Waals surface area contributed by atoms with Gasteiger partial charge in [-0.15, -0.1) is 24.0 Å². The Kier molecular flexibility index (Phi) is 9.79. The zero-order chi connectivity index (χ0) is 18.1. The Morgan fingerprint density at radius 1 is 1.19 bits per heavy atom. The molecule has 1 aromatic carbocycles. The fraction of sp³-hybridized carbons (Fsp3) is 0.368. The first-order chi connectivity index (χ1) is 12.1. The van der Waals surface area contributed by atoms with Crippen molar-refractivity contribution in [2.24, 2.45) is 4.99 Å². The third-order valence-electron chi connectivity index (χ3n) is 3.78. The lowest BCUT2D eigenvalue weighted by Crippen LogP contribution is -2.39. The van der Waals surface area contributed by atoms with Crippen LogP contribution in [0.15, 0.2) is 52.1 Å². The van der Waals surface area contributed by atoms with Crippen molar-refractivity contribution >= 4 is 35.8 Å². The van der Waals surface area contributed by atoms with Crippen LogP contribution in [0, 0.1) is 6.92 Å². The second-order valence-corrected chi connectivity index (χ2v) is 5.81. The molecule has 1 heterocycles. The number of benzene rings is 1. The minimum absolute atomic E-state index is 0. The standard InChI is InChI=1S/C19H26N4O2.HI/c1-4-20-19(23(3)14-16-9-6-5-8-15(16)2)22-13-18(24)21-12-17-10-7-11-25-17;/h5-11H,4,12-14H2,1-3H3,(H,20,22)(H,21,24);1H. The van der Waals surface area contributed by atoms with Crippen LogP contribution in [0.5, 0.6) is 0 Å². The quantitative estimate of drug-likeness (QED) is 0.371. The van der Waals surface area contributed by atoms with Crippen molar-refractivity contribution in [1.82, 2.24) is 15.5 Å². The third-order valence-corrected chi connectivity index (χ3v) is 3.78. The van der Waals surface area contributed by atoms with E-state index in [-0.39, 0.29) is 36.4 Å². The molecule has 2 aromatic rings. The van der Waals surface area contributed by atoms with E-state index in [9.17, 15) is 4.79 Å². The normalized spacial score (nSPS) is 10.8. The van der Waals surface area contributed by atoms with Crippen molar-refractivity contribution in [2.45, 2.75) is 26.9 Å². The van der Waals surface area contributed by atoms with Crippen LogP contribution in [0.3, 0.4) is 0 Å². The topological polar surface area (TPSA) is 69.9 Å². The van der Waals surface area contributed by atoms with Gasteiger partial charge in [0.15, 0.2) is 5.96 Å². The first kappa shape index (κ1) is 22.0. The monoisotopic (exact) mass is 470 g/mol. The van der Waals surface area contributed by atoms with Crippen molar-refractivity contribution in [1.29, 1.82) is 0 Å². The molecule has 0 aliphatic carbocycles. The highest BCUT2D eigenvalue weighted by atomic mass is 127. The van der Waals surface area contributed by atoms with Gasteiger partial charge in [-0.25, -0.2) is 4.99 Å². The van der Waals surface area contributed by atoms with Crippen molar-refractivity contribution in [3.05, 3.63) is 59.5 Å². The molecule has 2 N–H and O–H groups in total. The number of aliphatic imine (C=N–C) groups is 1.